The third-order valence-electron chi connectivity index (χ3n) is 4.71. The Hall–Kier alpha value is -3.69. The molecule has 0 aliphatic rings. The van der Waals surface area contributed by atoms with Gasteiger partial charge < -0.3 is 24.2 Å². The highest BCUT2D eigenvalue weighted by Gasteiger charge is 2.45. The summed E-state index contributed by atoms with van der Waals surface area (Å²) in [5, 5.41) is 21.4. The van der Waals surface area contributed by atoms with Crippen molar-refractivity contribution in [2.45, 2.75) is 18.5 Å². The van der Waals surface area contributed by atoms with Crippen LogP contribution in [0.5, 0.6) is 17.2 Å². The van der Waals surface area contributed by atoms with Crippen molar-refractivity contribution in [3.8, 4) is 17.2 Å². The van der Waals surface area contributed by atoms with E-state index >= 15 is 0 Å². The summed E-state index contributed by atoms with van der Waals surface area (Å²) in [6, 6.07) is 9.80. The van der Waals surface area contributed by atoms with Crippen molar-refractivity contribution in [1.82, 2.24) is 0 Å². The molecule has 3 aromatic rings. The Balaban J connectivity index is 2.25. The Morgan fingerprint density at radius 3 is 2.35 bits per heavy atom. The smallest absolute Gasteiger partial charge is 0.433 e. The van der Waals surface area contributed by atoms with Gasteiger partial charge in [0.05, 0.1) is 25.5 Å². The minimum atomic E-state index is -5.02. The monoisotopic (exact) mass is 437 g/mol. The molecule has 0 saturated heterocycles. The quantitative estimate of drug-likeness (QED) is 0.340. The zero-order valence-corrected chi connectivity index (χ0v) is 16.4. The molecule has 10 heteroatoms. The van der Waals surface area contributed by atoms with Gasteiger partial charge >= 0.3 is 6.18 Å². The topological polar surface area (TPSA) is 101 Å². The van der Waals surface area contributed by atoms with Crippen molar-refractivity contribution in [3.05, 3.63) is 64.0 Å². The molecule has 7 nitrogen and oxygen atoms in total. The van der Waals surface area contributed by atoms with Crippen LogP contribution in [0.1, 0.15) is 17.2 Å². The van der Waals surface area contributed by atoms with Gasteiger partial charge in [-0.2, -0.15) is 13.2 Å². The van der Waals surface area contributed by atoms with Crippen LogP contribution < -0.4 is 14.9 Å². The number of methoxy groups -OCH3 is 2. The molecule has 0 aliphatic heterocycles. The lowest BCUT2D eigenvalue weighted by molar-refractivity contribution is -0.0640. The summed E-state index contributed by atoms with van der Waals surface area (Å²) in [6.07, 6.45) is -5.35. The first-order chi connectivity index (χ1) is 14.7. The number of halogens is 3. The molecule has 0 amide bonds. The lowest BCUT2D eigenvalue weighted by Crippen LogP contribution is -2.32. The van der Waals surface area contributed by atoms with Crippen LogP contribution in [0.15, 0.2) is 56.8 Å². The molecule has 164 valence electrons. The first-order valence-electron chi connectivity index (χ1n) is 8.95. The maximum Gasteiger partial charge on any atom is 0.433 e. The van der Waals surface area contributed by atoms with Gasteiger partial charge in [0.15, 0.2) is 11.5 Å². The lowest BCUT2D eigenvalue weighted by Gasteiger charge is -2.21. The molecular formula is C21H18F3NO6. The Bertz CT molecular complexity index is 1170. The minimum Gasteiger partial charge on any atom is -0.508 e. The molecule has 2 aromatic carbocycles. The molecule has 1 unspecified atom stereocenters. The molecule has 0 radical (unpaired) electrons. The Labute approximate surface area is 173 Å². The van der Waals surface area contributed by atoms with Crippen LogP contribution in [0, 0.1) is 0 Å². The summed E-state index contributed by atoms with van der Waals surface area (Å²) in [4.78, 5) is 12.8. The summed E-state index contributed by atoms with van der Waals surface area (Å²) in [5.41, 5.74) is -2.00. The molecule has 1 aromatic heterocycles. The number of oxime groups is 1. The summed E-state index contributed by atoms with van der Waals surface area (Å²) < 4.78 is 56.8. The van der Waals surface area contributed by atoms with E-state index in [1.165, 1.54) is 31.4 Å². The molecule has 1 atom stereocenters. The van der Waals surface area contributed by atoms with Gasteiger partial charge in [-0.15, -0.1) is 0 Å². The fourth-order valence-corrected chi connectivity index (χ4v) is 3.24. The van der Waals surface area contributed by atoms with Crippen LogP contribution in [-0.4, -0.2) is 36.4 Å². The maximum atomic E-state index is 13.7. The summed E-state index contributed by atoms with van der Waals surface area (Å²) in [5.74, 6) is -2.40. The van der Waals surface area contributed by atoms with Crippen LogP contribution in [0.3, 0.4) is 0 Å². The molecule has 0 spiro atoms. The van der Waals surface area contributed by atoms with Gasteiger partial charge in [-0.05, 0) is 36.2 Å². The predicted molar refractivity (Wildman–Crippen MR) is 105 cm³/mol. The largest absolute Gasteiger partial charge is 0.508 e. The van der Waals surface area contributed by atoms with Gasteiger partial charge in [0, 0.05) is 6.07 Å². The highest BCUT2D eigenvalue weighted by Crippen LogP contribution is 2.37. The number of fused-ring (bicyclic) bond motifs is 1. The molecule has 3 rings (SSSR count). The predicted octanol–water partition coefficient (Wildman–Crippen LogP) is 4.23. The van der Waals surface area contributed by atoms with Gasteiger partial charge in [0.2, 0.25) is 11.2 Å². The number of ether oxygens (including phenoxy) is 2. The van der Waals surface area contributed by atoms with Gasteiger partial charge in [-0.25, -0.2) is 0 Å². The van der Waals surface area contributed by atoms with Crippen molar-refractivity contribution < 1.29 is 37.4 Å². The summed E-state index contributed by atoms with van der Waals surface area (Å²) in [7, 11) is 2.57. The first kappa shape index (κ1) is 22.0. The Morgan fingerprint density at radius 1 is 1.13 bits per heavy atom. The van der Waals surface area contributed by atoms with E-state index in [0.29, 0.717) is 11.3 Å². The van der Waals surface area contributed by atoms with Crippen molar-refractivity contribution in [2.24, 2.45) is 5.16 Å². The molecule has 0 saturated carbocycles. The standard InChI is InChI=1S/C21H18F3NO6/c1-29-13-6-3-11(4-7-13)9-15(20(25-28)21(22,23)24)18-19(30-2)17(27)14-8-5-12(26)10-16(14)31-18/h3-8,10,15,26,28H,9H2,1-2H3/b25-20-. The Morgan fingerprint density at radius 2 is 1.81 bits per heavy atom. The average molecular weight is 437 g/mol. The number of hydrogen-bond acceptors (Lipinski definition) is 7. The van der Waals surface area contributed by atoms with E-state index in [0.717, 1.165) is 13.2 Å². The van der Waals surface area contributed by atoms with Crippen LogP contribution in [0.2, 0.25) is 0 Å². The zero-order chi connectivity index (χ0) is 22.8. The number of alkyl halides is 3. The van der Waals surface area contributed by atoms with Crippen LogP contribution in [0.25, 0.3) is 11.0 Å². The number of phenols is 1. The van der Waals surface area contributed by atoms with Crippen molar-refractivity contribution in [1.29, 1.82) is 0 Å². The highest BCUT2D eigenvalue weighted by molar-refractivity contribution is 5.96. The normalized spacial score (nSPS) is 13.3. The maximum absolute atomic E-state index is 13.7. The third-order valence-corrected chi connectivity index (χ3v) is 4.71. The van der Waals surface area contributed by atoms with E-state index in [4.69, 9.17) is 13.9 Å². The van der Waals surface area contributed by atoms with E-state index in [-0.39, 0.29) is 23.1 Å². The third kappa shape index (κ3) is 4.42. The van der Waals surface area contributed by atoms with Crippen LogP contribution in [0.4, 0.5) is 13.2 Å². The number of rotatable bonds is 6. The Kier molecular flexibility index (Phi) is 6.09. The van der Waals surface area contributed by atoms with E-state index < -0.39 is 34.7 Å². The second-order valence-corrected chi connectivity index (χ2v) is 6.60. The second kappa shape index (κ2) is 8.58. The molecule has 0 bridgehead atoms. The summed E-state index contributed by atoms with van der Waals surface area (Å²) in [6.45, 7) is 0. The van der Waals surface area contributed by atoms with Crippen LogP contribution >= 0.6 is 0 Å². The van der Waals surface area contributed by atoms with Crippen molar-refractivity contribution in [3.63, 3.8) is 0 Å². The highest BCUT2D eigenvalue weighted by atomic mass is 19.4. The van der Waals surface area contributed by atoms with Crippen molar-refractivity contribution >= 4 is 16.7 Å². The SMILES string of the molecule is COc1ccc(CC(/C(=N/O)C(F)(F)F)c2oc3cc(O)ccc3c(=O)c2OC)cc1. The zero-order valence-electron chi connectivity index (χ0n) is 16.4. The van der Waals surface area contributed by atoms with E-state index in [1.54, 1.807) is 12.1 Å². The van der Waals surface area contributed by atoms with Gasteiger partial charge in [-0.3, -0.25) is 4.79 Å². The second-order valence-electron chi connectivity index (χ2n) is 6.60. The fourth-order valence-electron chi connectivity index (χ4n) is 3.24. The lowest BCUT2D eigenvalue weighted by atomic mass is 9.90. The summed E-state index contributed by atoms with van der Waals surface area (Å²) >= 11 is 0. The van der Waals surface area contributed by atoms with Gasteiger partial charge in [0.25, 0.3) is 0 Å². The molecule has 1 heterocycles. The molecular weight excluding hydrogens is 419 g/mol. The van der Waals surface area contributed by atoms with Gasteiger partial charge in [-0.1, -0.05) is 17.3 Å². The minimum absolute atomic E-state index is 0.0103. The number of phenolic OH excluding ortho intramolecular Hbond substituents is 1. The number of nitrogens with zero attached hydrogens (tertiary/aromatic N) is 1. The molecule has 2 N–H and O–H groups in total. The van der Waals surface area contributed by atoms with E-state index in [2.05, 4.69) is 5.16 Å². The van der Waals surface area contributed by atoms with Gasteiger partial charge in [0.1, 0.15) is 17.1 Å². The van der Waals surface area contributed by atoms with Crippen LogP contribution in [-0.2, 0) is 6.42 Å². The van der Waals surface area contributed by atoms with E-state index in [9.17, 15) is 28.3 Å². The average Bonchev–Trinajstić information content (AvgIpc) is 2.72. The number of hydrogen-bond donors (Lipinski definition) is 2. The molecule has 0 aliphatic carbocycles. The number of benzene rings is 2. The molecule has 0 fully saturated rings. The molecule has 31 heavy (non-hydrogen) atoms. The number of aromatic hydroxyl groups is 1. The fraction of sp³-hybridized carbons (Fsp3) is 0.238. The van der Waals surface area contributed by atoms with E-state index in [1.807, 2.05) is 0 Å². The first-order valence-corrected chi connectivity index (χ1v) is 8.95. The van der Waals surface area contributed by atoms with Crippen molar-refractivity contribution in [2.75, 3.05) is 14.2 Å².